The van der Waals surface area contributed by atoms with Crippen LogP contribution in [0.2, 0.25) is 5.02 Å². The summed E-state index contributed by atoms with van der Waals surface area (Å²) in [5.41, 5.74) is 5.51. The molecule has 1 rings (SSSR count). The summed E-state index contributed by atoms with van der Waals surface area (Å²) in [6, 6.07) is 0. The van der Waals surface area contributed by atoms with Crippen LogP contribution in [0.25, 0.3) is 0 Å². The van der Waals surface area contributed by atoms with Crippen molar-refractivity contribution in [3.63, 3.8) is 0 Å². The van der Waals surface area contributed by atoms with Gasteiger partial charge in [-0.1, -0.05) is 11.6 Å². The van der Waals surface area contributed by atoms with Gasteiger partial charge < -0.3 is 15.8 Å². The van der Waals surface area contributed by atoms with Gasteiger partial charge in [0.25, 0.3) is 5.56 Å². The van der Waals surface area contributed by atoms with Crippen molar-refractivity contribution < 1.29 is 4.74 Å². The summed E-state index contributed by atoms with van der Waals surface area (Å²) < 4.78 is 6.12. The quantitative estimate of drug-likeness (QED) is 0.733. The molecule has 16 heavy (non-hydrogen) atoms. The Morgan fingerprint density at radius 3 is 3.06 bits per heavy atom. The Labute approximate surface area is 98.3 Å². The van der Waals surface area contributed by atoms with E-state index in [-0.39, 0.29) is 10.6 Å². The molecule has 0 saturated heterocycles. The van der Waals surface area contributed by atoms with Crippen molar-refractivity contribution in [2.24, 2.45) is 5.73 Å². The van der Waals surface area contributed by atoms with Crippen LogP contribution in [0.5, 0.6) is 0 Å². The Bertz CT molecular complexity index is 394. The van der Waals surface area contributed by atoms with Gasteiger partial charge in [-0.25, -0.2) is 4.68 Å². The van der Waals surface area contributed by atoms with Gasteiger partial charge in [0.1, 0.15) is 5.02 Å². The summed E-state index contributed by atoms with van der Waals surface area (Å²) in [5.74, 6) is 0. The zero-order chi connectivity index (χ0) is 12.0. The van der Waals surface area contributed by atoms with Gasteiger partial charge in [0.2, 0.25) is 0 Å². The molecule has 0 fully saturated rings. The first-order chi connectivity index (χ1) is 7.70. The molecule has 6 nitrogen and oxygen atoms in total. The summed E-state index contributed by atoms with van der Waals surface area (Å²) in [7, 11) is 1.56. The van der Waals surface area contributed by atoms with E-state index in [2.05, 4.69) is 10.4 Å². The van der Waals surface area contributed by atoms with Gasteiger partial charge in [-0.2, -0.15) is 5.10 Å². The first kappa shape index (κ1) is 13.0. The van der Waals surface area contributed by atoms with Crippen LogP contribution in [0.15, 0.2) is 11.0 Å². The van der Waals surface area contributed by atoms with Gasteiger partial charge in [0.05, 0.1) is 25.0 Å². The minimum Gasteiger partial charge on any atom is -0.383 e. The molecule has 1 aromatic heterocycles. The molecule has 0 unspecified atom stereocenters. The maximum absolute atomic E-state index is 11.7. The lowest BCUT2D eigenvalue weighted by atomic mass is 10.4. The van der Waals surface area contributed by atoms with E-state index in [1.54, 1.807) is 7.11 Å². The van der Waals surface area contributed by atoms with E-state index in [4.69, 9.17) is 22.1 Å². The van der Waals surface area contributed by atoms with Crippen LogP contribution >= 0.6 is 11.6 Å². The molecular formula is C9H15ClN4O2. The Morgan fingerprint density at radius 1 is 1.69 bits per heavy atom. The van der Waals surface area contributed by atoms with E-state index < -0.39 is 0 Å². The summed E-state index contributed by atoms with van der Waals surface area (Å²) in [6.45, 7) is 1.80. The maximum atomic E-state index is 11.7. The monoisotopic (exact) mass is 246 g/mol. The SMILES string of the molecule is COCCn1ncc(NCCN)c(Cl)c1=O. The van der Waals surface area contributed by atoms with E-state index in [1.807, 2.05) is 0 Å². The number of nitrogens with two attached hydrogens (primary N) is 1. The average Bonchev–Trinajstić information content (AvgIpc) is 2.30. The van der Waals surface area contributed by atoms with Gasteiger partial charge in [-0.3, -0.25) is 4.79 Å². The van der Waals surface area contributed by atoms with Crippen LogP contribution in [0, 0.1) is 0 Å². The Hall–Kier alpha value is -1.11. The largest absolute Gasteiger partial charge is 0.383 e. The molecule has 0 bridgehead atoms. The number of nitrogens with zero attached hydrogens (tertiary/aromatic N) is 2. The average molecular weight is 247 g/mol. The van der Waals surface area contributed by atoms with E-state index >= 15 is 0 Å². The zero-order valence-electron chi connectivity index (χ0n) is 9.07. The van der Waals surface area contributed by atoms with Crippen molar-refractivity contribution in [1.29, 1.82) is 0 Å². The van der Waals surface area contributed by atoms with Crippen LogP contribution in [-0.4, -0.2) is 36.6 Å². The number of anilines is 1. The lowest BCUT2D eigenvalue weighted by molar-refractivity contribution is 0.182. The van der Waals surface area contributed by atoms with Crippen LogP contribution in [-0.2, 0) is 11.3 Å². The number of hydrogen-bond acceptors (Lipinski definition) is 5. The Morgan fingerprint density at radius 2 is 2.44 bits per heavy atom. The number of ether oxygens (including phenoxy) is 1. The standard InChI is InChI=1S/C9H15ClN4O2/c1-16-5-4-14-9(15)8(10)7(6-13-14)12-3-2-11/h6,12H,2-5,11H2,1H3. The third-order valence-corrected chi connectivity index (χ3v) is 2.32. The molecule has 0 saturated carbocycles. The first-order valence-electron chi connectivity index (χ1n) is 4.89. The normalized spacial score (nSPS) is 10.4. The lowest BCUT2D eigenvalue weighted by Crippen LogP contribution is -2.26. The summed E-state index contributed by atoms with van der Waals surface area (Å²) in [6.07, 6.45) is 1.51. The van der Waals surface area contributed by atoms with Gasteiger partial charge in [0.15, 0.2) is 0 Å². The smallest absolute Gasteiger partial charge is 0.287 e. The molecule has 0 aliphatic rings. The second kappa shape index (κ2) is 6.47. The Balaban J connectivity index is 2.85. The fraction of sp³-hybridized carbons (Fsp3) is 0.556. The molecule has 3 N–H and O–H groups in total. The number of rotatable bonds is 6. The number of halogens is 1. The third-order valence-electron chi connectivity index (χ3n) is 1.95. The molecule has 0 atom stereocenters. The minimum absolute atomic E-state index is 0.125. The second-order valence-electron chi connectivity index (χ2n) is 3.11. The first-order valence-corrected chi connectivity index (χ1v) is 5.27. The van der Waals surface area contributed by atoms with Gasteiger partial charge in [0, 0.05) is 20.2 Å². The predicted octanol–water partition coefficient (Wildman–Crippen LogP) is -0.0863. The highest BCUT2D eigenvalue weighted by Gasteiger charge is 2.08. The van der Waals surface area contributed by atoms with E-state index in [9.17, 15) is 4.79 Å². The molecule has 0 amide bonds. The van der Waals surface area contributed by atoms with Gasteiger partial charge in [-0.15, -0.1) is 0 Å². The highest BCUT2D eigenvalue weighted by atomic mass is 35.5. The summed E-state index contributed by atoms with van der Waals surface area (Å²) in [5, 5.41) is 7.01. The molecule has 90 valence electrons. The van der Waals surface area contributed by atoms with Crippen LogP contribution in [0.3, 0.4) is 0 Å². The molecular weight excluding hydrogens is 232 g/mol. The van der Waals surface area contributed by atoms with E-state index in [0.29, 0.717) is 31.9 Å². The van der Waals surface area contributed by atoms with Crippen molar-refractivity contribution in [2.75, 3.05) is 32.1 Å². The molecule has 1 heterocycles. The van der Waals surface area contributed by atoms with E-state index in [0.717, 1.165) is 0 Å². The highest BCUT2D eigenvalue weighted by Crippen LogP contribution is 2.14. The van der Waals surface area contributed by atoms with Crippen LogP contribution < -0.4 is 16.6 Å². The predicted molar refractivity (Wildman–Crippen MR) is 62.9 cm³/mol. The molecule has 0 aliphatic carbocycles. The molecule has 7 heteroatoms. The van der Waals surface area contributed by atoms with Gasteiger partial charge in [-0.05, 0) is 0 Å². The van der Waals surface area contributed by atoms with Crippen molar-refractivity contribution >= 4 is 17.3 Å². The van der Waals surface area contributed by atoms with Gasteiger partial charge >= 0.3 is 0 Å². The zero-order valence-corrected chi connectivity index (χ0v) is 9.83. The van der Waals surface area contributed by atoms with Crippen LogP contribution in [0.4, 0.5) is 5.69 Å². The molecule has 0 radical (unpaired) electrons. The number of nitrogens with one attached hydrogen (secondary N) is 1. The molecule has 0 spiro atoms. The third kappa shape index (κ3) is 3.19. The van der Waals surface area contributed by atoms with Crippen molar-refractivity contribution in [2.45, 2.75) is 6.54 Å². The fourth-order valence-corrected chi connectivity index (χ4v) is 1.35. The number of aromatic nitrogens is 2. The molecule has 0 aliphatic heterocycles. The van der Waals surface area contributed by atoms with Crippen molar-refractivity contribution in [3.8, 4) is 0 Å². The van der Waals surface area contributed by atoms with E-state index in [1.165, 1.54) is 10.9 Å². The summed E-state index contributed by atoms with van der Waals surface area (Å²) >= 11 is 5.90. The Kier molecular flexibility index (Phi) is 5.24. The molecule has 0 aromatic carbocycles. The second-order valence-corrected chi connectivity index (χ2v) is 3.49. The fourth-order valence-electron chi connectivity index (χ4n) is 1.13. The van der Waals surface area contributed by atoms with Crippen molar-refractivity contribution in [3.05, 3.63) is 21.6 Å². The number of hydrogen-bond donors (Lipinski definition) is 2. The minimum atomic E-state index is -0.333. The molecule has 1 aromatic rings. The number of methoxy groups -OCH3 is 1. The topological polar surface area (TPSA) is 82.2 Å². The highest BCUT2D eigenvalue weighted by molar-refractivity contribution is 6.32. The summed E-state index contributed by atoms with van der Waals surface area (Å²) in [4.78, 5) is 11.7. The lowest BCUT2D eigenvalue weighted by Gasteiger charge is -2.08. The van der Waals surface area contributed by atoms with Crippen molar-refractivity contribution in [1.82, 2.24) is 9.78 Å². The van der Waals surface area contributed by atoms with Crippen LogP contribution in [0.1, 0.15) is 0 Å². The maximum Gasteiger partial charge on any atom is 0.287 e.